The minimum Gasteiger partial charge on any atom is -0.506 e. The Balaban J connectivity index is 2.04. The number of hydrogen-bond donors (Lipinski definition) is 2. The highest BCUT2D eigenvalue weighted by Gasteiger charge is 2.20. The molecule has 7 nitrogen and oxygen atoms in total. The zero-order chi connectivity index (χ0) is 20.5. The Morgan fingerprint density at radius 1 is 1.10 bits per heavy atom. The summed E-state index contributed by atoms with van der Waals surface area (Å²) >= 11 is 6.14. The Morgan fingerprint density at radius 2 is 1.93 bits per heavy atom. The van der Waals surface area contributed by atoms with Crippen LogP contribution >= 0.6 is 11.6 Å². The number of fused-ring (bicyclic) bond motifs is 3. The topological polar surface area (TPSA) is 89.5 Å². The van der Waals surface area contributed by atoms with Gasteiger partial charge in [-0.05, 0) is 37.3 Å². The van der Waals surface area contributed by atoms with Gasteiger partial charge in [-0.1, -0.05) is 11.6 Å². The third-order valence-electron chi connectivity index (χ3n) is 4.75. The number of nitrogens with one attached hydrogen (secondary N) is 1. The highest BCUT2D eigenvalue weighted by atomic mass is 35.5. The molecule has 0 radical (unpaired) electrons. The molecule has 0 saturated heterocycles. The standard InChI is InChI=1S/C21H20ClN3O4/c1-11-17-18-13(5-7-16(20(18)28-3)29-9-8-27-2)19(23-21(17)25-24-11)12-4-6-15(26)14(22)10-12/h4-7,10,26H,8-9H2,1-3H3,(H,23,24,25). The van der Waals surface area contributed by atoms with E-state index in [0.29, 0.717) is 36.1 Å². The lowest BCUT2D eigenvalue weighted by Crippen LogP contribution is -2.05. The zero-order valence-electron chi connectivity index (χ0n) is 16.2. The molecule has 0 fully saturated rings. The normalized spacial score (nSPS) is 11.3. The van der Waals surface area contributed by atoms with E-state index in [1.807, 2.05) is 19.1 Å². The average Bonchev–Trinajstić information content (AvgIpc) is 3.10. The van der Waals surface area contributed by atoms with Gasteiger partial charge < -0.3 is 19.3 Å². The second-order valence-corrected chi connectivity index (χ2v) is 6.93. The SMILES string of the molecule is COCCOc1ccc2c(-c3ccc(O)c(Cl)c3)nc3[nH]nc(C)c3c2c1OC. The number of aromatic hydroxyl groups is 1. The molecule has 2 aromatic heterocycles. The number of rotatable bonds is 6. The first-order chi connectivity index (χ1) is 14.0. The van der Waals surface area contributed by atoms with Gasteiger partial charge in [0.25, 0.3) is 0 Å². The van der Waals surface area contributed by atoms with Crippen molar-refractivity contribution in [2.75, 3.05) is 27.4 Å². The maximum absolute atomic E-state index is 9.79. The molecule has 0 unspecified atom stereocenters. The van der Waals surface area contributed by atoms with E-state index in [1.165, 1.54) is 0 Å². The Kier molecular flexibility index (Phi) is 5.17. The van der Waals surface area contributed by atoms with Gasteiger partial charge in [0.05, 0.1) is 35.5 Å². The molecule has 4 rings (SSSR count). The monoisotopic (exact) mass is 413 g/mol. The first-order valence-electron chi connectivity index (χ1n) is 9.01. The smallest absolute Gasteiger partial charge is 0.169 e. The first kappa shape index (κ1) is 19.3. The van der Waals surface area contributed by atoms with Crippen molar-refractivity contribution in [3.8, 4) is 28.5 Å². The molecule has 2 heterocycles. The van der Waals surface area contributed by atoms with Gasteiger partial charge >= 0.3 is 0 Å². The summed E-state index contributed by atoms with van der Waals surface area (Å²) in [6, 6.07) is 8.80. The number of methoxy groups -OCH3 is 2. The van der Waals surface area contributed by atoms with Crippen LogP contribution in [0.5, 0.6) is 17.2 Å². The third-order valence-corrected chi connectivity index (χ3v) is 5.05. The number of phenols is 1. The third kappa shape index (κ3) is 3.32. The maximum Gasteiger partial charge on any atom is 0.169 e. The summed E-state index contributed by atoms with van der Waals surface area (Å²) in [6.45, 7) is 2.78. The fourth-order valence-corrected chi connectivity index (χ4v) is 3.59. The van der Waals surface area contributed by atoms with E-state index in [4.69, 9.17) is 30.8 Å². The second-order valence-electron chi connectivity index (χ2n) is 6.52. The number of aryl methyl sites for hydroxylation is 1. The lowest BCUT2D eigenvalue weighted by molar-refractivity contribution is 0.144. The molecule has 0 aliphatic carbocycles. The Hall–Kier alpha value is -3.03. The van der Waals surface area contributed by atoms with Gasteiger partial charge in [-0.15, -0.1) is 0 Å². The van der Waals surface area contributed by atoms with Gasteiger partial charge in [0.1, 0.15) is 12.4 Å². The molecule has 0 aliphatic heterocycles. The number of aromatic amines is 1. The number of ether oxygens (including phenoxy) is 3. The van der Waals surface area contributed by atoms with Crippen molar-refractivity contribution >= 4 is 33.4 Å². The van der Waals surface area contributed by atoms with Crippen LogP contribution in [-0.2, 0) is 4.74 Å². The maximum atomic E-state index is 9.79. The molecule has 0 spiro atoms. The highest BCUT2D eigenvalue weighted by molar-refractivity contribution is 6.32. The van der Waals surface area contributed by atoms with Crippen LogP contribution in [0, 0.1) is 6.92 Å². The fraction of sp³-hybridized carbons (Fsp3) is 0.238. The molecule has 0 atom stereocenters. The molecule has 2 N–H and O–H groups in total. The van der Waals surface area contributed by atoms with E-state index in [1.54, 1.807) is 32.4 Å². The van der Waals surface area contributed by atoms with Crippen molar-refractivity contribution in [2.45, 2.75) is 6.92 Å². The summed E-state index contributed by atoms with van der Waals surface area (Å²) in [5.41, 5.74) is 2.89. The highest BCUT2D eigenvalue weighted by Crippen LogP contribution is 2.43. The molecule has 150 valence electrons. The van der Waals surface area contributed by atoms with Gasteiger partial charge in [0, 0.05) is 23.4 Å². The van der Waals surface area contributed by atoms with Crippen molar-refractivity contribution in [2.24, 2.45) is 0 Å². The van der Waals surface area contributed by atoms with Crippen LogP contribution in [0.4, 0.5) is 0 Å². The van der Waals surface area contributed by atoms with Gasteiger partial charge in [0.15, 0.2) is 17.1 Å². The largest absolute Gasteiger partial charge is 0.506 e. The summed E-state index contributed by atoms with van der Waals surface area (Å²) in [5, 5.41) is 19.9. The van der Waals surface area contributed by atoms with Crippen molar-refractivity contribution in [1.29, 1.82) is 0 Å². The summed E-state index contributed by atoms with van der Waals surface area (Å²) in [7, 11) is 3.23. The molecule has 0 aliphatic rings. The van der Waals surface area contributed by atoms with E-state index in [2.05, 4.69) is 10.2 Å². The minimum absolute atomic E-state index is 0.0181. The van der Waals surface area contributed by atoms with Crippen LogP contribution in [0.2, 0.25) is 5.02 Å². The number of benzene rings is 2. The van der Waals surface area contributed by atoms with Gasteiger partial charge in [-0.25, -0.2) is 4.98 Å². The van der Waals surface area contributed by atoms with Crippen LogP contribution in [-0.4, -0.2) is 47.7 Å². The summed E-state index contributed by atoms with van der Waals surface area (Å²) in [4.78, 5) is 4.77. The van der Waals surface area contributed by atoms with Crippen LogP contribution in [0.1, 0.15) is 5.69 Å². The molecule has 8 heteroatoms. The van der Waals surface area contributed by atoms with Gasteiger partial charge in [-0.2, -0.15) is 5.10 Å². The Bertz CT molecular complexity index is 1210. The van der Waals surface area contributed by atoms with E-state index >= 15 is 0 Å². The Labute approximate surface area is 172 Å². The van der Waals surface area contributed by atoms with E-state index in [9.17, 15) is 5.11 Å². The second kappa shape index (κ2) is 7.77. The number of phenolic OH excluding ortho intramolecular Hbond substituents is 1. The molecule has 0 saturated carbocycles. The molecule has 0 amide bonds. The predicted octanol–water partition coefficient (Wildman–Crippen LogP) is 4.48. The van der Waals surface area contributed by atoms with Crippen molar-refractivity contribution < 1.29 is 19.3 Å². The van der Waals surface area contributed by atoms with Crippen LogP contribution in [0.15, 0.2) is 30.3 Å². The average molecular weight is 414 g/mol. The minimum atomic E-state index is 0.0181. The van der Waals surface area contributed by atoms with E-state index < -0.39 is 0 Å². The number of hydrogen-bond acceptors (Lipinski definition) is 6. The zero-order valence-corrected chi connectivity index (χ0v) is 17.0. The summed E-state index contributed by atoms with van der Waals surface area (Å²) in [6.07, 6.45) is 0. The number of H-pyrrole nitrogens is 1. The molecule has 29 heavy (non-hydrogen) atoms. The fourth-order valence-electron chi connectivity index (χ4n) is 3.41. The van der Waals surface area contributed by atoms with Gasteiger partial charge in [-0.3, -0.25) is 5.10 Å². The van der Waals surface area contributed by atoms with Crippen LogP contribution in [0.3, 0.4) is 0 Å². The van der Waals surface area contributed by atoms with Crippen molar-refractivity contribution in [3.63, 3.8) is 0 Å². The first-order valence-corrected chi connectivity index (χ1v) is 9.39. The summed E-state index contributed by atoms with van der Waals surface area (Å²) in [5.74, 6) is 1.23. The van der Waals surface area contributed by atoms with E-state index in [-0.39, 0.29) is 10.8 Å². The molecule has 4 aromatic rings. The molecular weight excluding hydrogens is 394 g/mol. The Morgan fingerprint density at radius 3 is 2.66 bits per heavy atom. The molecule has 0 bridgehead atoms. The van der Waals surface area contributed by atoms with Gasteiger partial charge in [0.2, 0.25) is 0 Å². The lowest BCUT2D eigenvalue weighted by Gasteiger charge is -2.16. The van der Waals surface area contributed by atoms with Crippen LogP contribution < -0.4 is 9.47 Å². The molecule has 2 aromatic carbocycles. The van der Waals surface area contributed by atoms with Crippen LogP contribution in [0.25, 0.3) is 33.1 Å². The molecular formula is C21H20ClN3O4. The number of nitrogens with zero attached hydrogens (tertiary/aromatic N) is 2. The summed E-state index contributed by atoms with van der Waals surface area (Å²) < 4.78 is 16.7. The predicted molar refractivity (Wildman–Crippen MR) is 112 cm³/mol. The lowest BCUT2D eigenvalue weighted by atomic mass is 9.99. The quantitative estimate of drug-likeness (QED) is 0.453. The number of pyridine rings is 1. The van der Waals surface area contributed by atoms with Crippen molar-refractivity contribution in [1.82, 2.24) is 15.2 Å². The van der Waals surface area contributed by atoms with E-state index in [0.717, 1.165) is 27.4 Å². The number of aromatic nitrogens is 3. The number of halogens is 1. The van der Waals surface area contributed by atoms with Crippen molar-refractivity contribution in [3.05, 3.63) is 41.0 Å².